The van der Waals surface area contributed by atoms with Crippen LogP contribution < -0.4 is 4.74 Å². The molecule has 0 amide bonds. The number of benzene rings is 1. The fourth-order valence-corrected chi connectivity index (χ4v) is 1.72. The van der Waals surface area contributed by atoms with Gasteiger partial charge in [-0.1, -0.05) is 6.92 Å². The van der Waals surface area contributed by atoms with Crippen molar-refractivity contribution in [3.8, 4) is 11.4 Å². The molecule has 1 aromatic carbocycles. The molecule has 18 heavy (non-hydrogen) atoms. The molecule has 1 heterocycles. The number of carboxylic acid groups (broad SMARTS) is 1. The Hall–Kier alpha value is -2.37. The van der Waals surface area contributed by atoms with E-state index in [0.717, 1.165) is 17.9 Å². The molecule has 0 radical (unpaired) electrons. The number of rotatable bonds is 4. The van der Waals surface area contributed by atoms with E-state index in [1.807, 2.05) is 6.92 Å². The van der Waals surface area contributed by atoms with Gasteiger partial charge in [0.05, 0.1) is 12.8 Å². The highest BCUT2D eigenvalue weighted by Gasteiger charge is 2.13. The molecule has 0 aliphatic rings. The predicted octanol–water partition coefficient (Wildman–Crippen LogP) is 1.54. The Morgan fingerprint density at radius 1 is 1.50 bits per heavy atom. The van der Waals surface area contributed by atoms with E-state index in [4.69, 9.17) is 9.84 Å². The number of methoxy groups -OCH3 is 1. The Bertz CT molecular complexity index is 578. The van der Waals surface area contributed by atoms with Crippen molar-refractivity contribution in [3.63, 3.8) is 0 Å². The highest BCUT2D eigenvalue weighted by atomic mass is 16.5. The van der Waals surface area contributed by atoms with Crippen LogP contribution in [0, 0.1) is 0 Å². The lowest BCUT2D eigenvalue weighted by Gasteiger charge is -2.09. The number of aromatic carboxylic acids is 1. The van der Waals surface area contributed by atoms with Crippen molar-refractivity contribution in [1.29, 1.82) is 0 Å². The number of ether oxygens (including phenoxy) is 1. The van der Waals surface area contributed by atoms with E-state index in [-0.39, 0.29) is 5.56 Å². The third-order valence-corrected chi connectivity index (χ3v) is 2.63. The van der Waals surface area contributed by atoms with E-state index in [9.17, 15) is 4.79 Å². The standard InChI is InChI=1S/C12H13N3O3/c1-3-11-14-13-7-15(11)8-4-5-9(12(16)17)10(6-8)18-2/h4-7H,3H2,1-2H3,(H,16,17). The molecule has 0 atom stereocenters. The molecule has 0 bridgehead atoms. The van der Waals surface area contributed by atoms with Crippen LogP contribution in [0.25, 0.3) is 5.69 Å². The molecule has 0 unspecified atom stereocenters. The highest BCUT2D eigenvalue weighted by Crippen LogP contribution is 2.23. The number of aromatic nitrogens is 3. The van der Waals surface area contributed by atoms with Crippen LogP contribution in [0.5, 0.6) is 5.75 Å². The second kappa shape index (κ2) is 4.87. The number of nitrogens with zero attached hydrogens (tertiary/aromatic N) is 3. The molecule has 1 N–H and O–H groups in total. The maximum atomic E-state index is 11.0. The number of hydrogen-bond acceptors (Lipinski definition) is 4. The minimum absolute atomic E-state index is 0.132. The average Bonchev–Trinajstić information content (AvgIpc) is 2.86. The summed E-state index contributed by atoms with van der Waals surface area (Å²) in [6.07, 6.45) is 2.33. The topological polar surface area (TPSA) is 77.2 Å². The Balaban J connectivity index is 2.51. The average molecular weight is 247 g/mol. The molecule has 2 rings (SSSR count). The predicted molar refractivity (Wildman–Crippen MR) is 64.2 cm³/mol. The molecule has 94 valence electrons. The van der Waals surface area contributed by atoms with Gasteiger partial charge in [-0.05, 0) is 12.1 Å². The first-order valence-corrected chi connectivity index (χ1v) is 5.48. The van der Waals surface area contributed by atoms with Gasteiger partial charge in [0, 0.05) is 12.5 Å². The number of carboxylic acids is 1. The number of aryl methyl sites for hydroxylation is 1. The third kappa shape index (κ3) is 2.04. The van der Waals surface area contributed by atoms with Gasteiger partial charge in [-0.2, -0.15) is 0 Å². The molecular weight excluding hydrogens is 234 g/mol. The first-order valence-electron chi connectivity index (χ1n) is 5.48. The first kappa shape index (κ1) is 12.1. The molecular formula is C12H13N3O3. The Kier molecular flexibility index (Phi) is 3.27. The maximum Gasteiger partial charge on any atom is 0.339 e. The van der Waals surface area contributed by atoms with Crippen LogP contribution in [0.4, 0.5) is 0 Å². The van der Waals surface area contributed by atoms with Gasteiger partial charge in [-0.3, -0.25) is 4.57 Å². The maximum absolute atomic E-state index is 11.0. The molecule has 0 saturated heterocycles. The van der Waals surface area contributed by atoms with Crippen molar-refractivity contribution in [2.45, 2.75) is 13.3 Å². The van der Waals surface area contributed by atoms with Crippen molar-refractivity contribution in [2.24, 2.45) is 0 Å². The quantitative estimate of drug-likeness (QED) is 0.886. The van der Waals surface area contributed by atoms with Gasteiger partial charge in [0.2, 0.25) is 0 Å². The van der Waals surface area contributed by atoms with E-state index in [2.05, 4.69) is 10.2 Å². The molecule has 0 aliphatic heterocycles. The van der Waals surface area contributed by atoms with Crippen LogP contribution in [0.3, 0.4) is 0 Å². The normalized spacial score (nSPS) is 10.3. The van der Waals surface area contributed by atoms with Gasteiger partial charge in [0.25, 0.3) is 0 Å². The lowest BCUT2D eigenvalue weighted by molar-refractivity contribution is 0.0693. The summed E-state index contributed by atoms with van der Waals surface area (Å²) >= 11 is 0. The summed E-state index contributed by atoms with van der Waals surface area (Å²) in [6.45, 7) is 1.98. The van der Waals surface area contributed by atoms with Gasteiger partial charge >= 0.3 is 5.97 Å². The second-order valence-corrected chi connectivity index (χ2v) is 3.66. The summed E-state index contributed by atoms with van der Waals surface area (Å²) in [6, 6.07) is 4.87. The molecule has 6 nitrogen and oxygen atoms in total. The summed E-state index contributed by atoms with van der Waals surface area (Å²) in [7, 11) is 1.44. The molecule has 1 aromatic heterocycles. The van der Waals surface area contributed by atoms with Crippen molar-refractivity contribution < 1.29 is 14.6 Å². The molecule has 0 fully saturated rings. The second-order valence-electron chi connectivity index (χ2n) is 3.66. The summed E-state index contributed by atoms with van der Waals surface area (Å²) in [5.41, 5.74) is 0.908. The van der Waals surface area contributed by atoms with Gasteiger partial charge in [-0.25, -0.2) is 4.79 Å². The molecule has 0 aliphatic carbocycles. The molecule has 6 heteroatoms. The van der Waals surface area contributed by atoms with E-state index in [1.165, 1.54) is 13.2 Å². The van der Waals surface area contributed by atoms with E-state index in [1.54, 1.807) is 23.0 Å². The fraction of sp³-hybridized carbons (Fsp3) is 0.250. The summed E-state index contributed by atoms with van der Waals surface area (Å²) < 4.78 is 6.88. The van der Waals surface area contributed by atoms with Crippen molar-refractivity contribution in [1.82, 2.24) is 14.8 Å². The fourth-order valence-electron chi connectivity index (χ4n) is 1.72. The Labute approximate surface area is 104 Å². The zero-order valence-corrected chi connectivity index (χ0v) is 10.1. The van der Waals surface area contributed by atoms with Crippen LogP contribution in [0.1, 0.15) is 23.1 Å². The zero-order chi connectivity index (χ0) is 13.1. The molecule has 0 spiro atoms. The lowest BCUT2D eigenvalue weighted by atomic mass is 10.2. The number of hydrogen-bond donors (Lipinski definition) is 1. The Morgan fingerprint density at radius 2 is 2.28 bits per heavy atom. The van der Waals surface area contributed by atoms with E-state index >= 15 is 0 Å². The number of carbonyl (C=O) groups is 1. The van der Waals surface area contributed by atoms with Gasteiger partial charge in [-0.15, -0.1) is 10.2 Å². The van der Waals surface area contributed by atoms with Crippen LogP contribution in [-0.4, -0.2) is 33.0 Å². The SMILES string of the molecule is CCc1nncn1-c1ccc(C(=O)O)c(OC)c1. The highest BCUT2D eigenvalue weighted by molar-refractivity contribution is 5.91. The lowest BCUT2D eigenvalue weighted by Crippen LogP contribution is -2.04. The van der Waals surface area contributed by atoms with Crippen molar-refractivity contribution in [2.75, 3.05) is 7.11 Å². The summed E-state index contributed by atoms with van der Waals surface area (Å²) in [4.78, 5) is 11.0. The smallest absolute Gasteiger partial charge is 0.339 e. The van der Waals surface area contributed by atoms with Crippen molar-refractivity contribution in [3.05, 3.63) is 35.9 Å². The van der Waals surface area contributed by atoms with Gasteiger partial charge in [0.15, 0.2) is 0 Å². The van der Waals surface area contributed by atoms with E-state index < -0.39 is 5.97 Å². The van der Waals surface area contributed by atoms with Crippen LogP contribution in [0.15, 0.2) is 24.5 Å². The third-order valence-electron chi connectivity index (χ3n) is 2.63. The largest absolute Gasteiger partial charge is 0.496 e. The van der Waals surface area contributed by atoms with Crippen molar-refractivity contribution >= 4 is 5.97 Å². The summed E-state index contributed by atoms with van der Waals surface area (Å²) in [5, 5.41) is 16.8. The minimum atomic E-state index is -1.02. The van der Waals surface area contributed by atoms with Crippen LogP contribution in [-0.2, 0) is 6.42 Å². The minimum Gasteiger partial charge on any atom is -0.496 e. The monoisotopic (exact) mass is 247 g/mol. The molecule has 0 saturated carbocycles. The van der Waals surface area contributed by atoms with Crippen LogP contribution >= 0.6 is 0 Å². The first-order chi connectivity index (χ1) is 8.67. The Morgan fingerprint density at radius 3 is 2.89 bits per heavy atom. The summed E-state index contributed by atoms with van der Waals surface area (Å²) in [5.74, 6) is 0.105. The van der Waals surface area contributed by atoms with Gasteiger partial charge in [0.1, 0.15) is 23.5 Å². The van der Waals surface area contributed by atoms with Crippen LogP contribution in [0.2, 0.25) is 0 Å². The molecule has 2 aromatic rings. The zero-order valence-electron chi connectivity index (χ0n) is 10.1. The van der Waals surface area contributed by atoms with E-state index in [0.29, 0.717) is 5.75 Å². The van der Waals surface area contributed by atoms with Gasteiger partial charge < -0.3 is 9.84 Å².